The molecule has 0 saturated heterocycles. The van der Waals surface area contributed by atoms with Gasteiger partial charge in [-0.25, -0.2) is 0 Å². The van der Waals surface area contributed by atoms with Crippen LogP contribution in [0.4, 0.5) is 0 Å². The number of thiocarbonyl (C=S) groups is 1. The lowest BCUT2D eigenvalue weighted by Crippen LogP contribution is -2.24. The van der Waals surface area contributed by atoms with Crippen molar-refractivity contribution in [3.05, 3.63) is 23.8 Å². The van der Waals surface area contributed by atoms with Crippen LogP contribution in [-0.4, -0.2) is 11.3 Å². The predicted octanol–water partition coefficient (Wildman–Crippen LogP) is 0.692. The smallest absolute Gasteiger partial charge is 0.184 e. The third-order valence-electron chi connectivity index (χ3n) is 1.21. The van der Waals surface area contributed by atoms with Gasteiger partial charge in [-0.15, -0.1) is 0 Å². The van der Waals surface area contributed by atoms with E-state index < -0.39 is 0 Å². The molecule has 0 saturated carbocycles. The Morgan fingerprint density at radius 2 is 2.64 bits per heavy atom. The Balaban J connectivity index is 2.30. The molecule has 0 atom stereocenters. The third kappa shape index (κ3) is 2.95. The summed E-state index contributed by atoms with van der Waals surface area (Å²) in [5, 5.41) is 3.99. The van der Waals surface area contributed by atoms with Gasteiger partial charge in [-0.1, -0.05) is 18.2 Å². The monoisotopic (exact) mass is 167 g/mol. The fraction of sp³-hybridized carbons (Fsp3) is 0.143. The van der Waals surface area contributed by atoms with Gasteiger partial charge in [0.05, 0.1) is 6.21 Å². The van der Waals surface area contributed by atoms with E-state index in [9.17, 15) is 0 Å². The molecule has 0 amide bonds. The van der Waals surface area contributed by atoms with Gasteiger partial charge in [0.15, 0.2) is 5.11 Å². The average molecular weight is 167 g/mol. The second-order valence-electron chi connectivity index (χ2n) is 2.11. The van der Waals surface area contributed by atoms with E-state index in [1.807, 2.05) is 12.2 Å². The molecule has 4 heteroatoms. The number of hydrogen-bond donors (Lipinski definition) is 2. The lowest BCUT2D eigenvalue weighted by molar-refractivity contribution is 1.04. The van der Waals surface area contributed by atoms with Crippen LogP contribution in [0.25, 0.3) is 0 Å². The van der Waals surface area contributed by atoms with Crippen molar-refractivity contribution in [3.8, 4) is 0 Å². The van der Waals surface area contributed by atoms with Crippen molar-refractivity contribution in [2.45, 2.75) is 6.42 Å². The molecule has 0 spiro atoms. The van der Waals surface area contributed by atoms with E-state index in [0.29, 0.717) is 0 Å². The van der Waals surface area contributed by atoms with E-state index in [2.05, 4.69) is 28.8 Å². The Labute approximate surface area is 70.7 Å². The van der Waals surface area contributed by atoms with Crippen LogP contribution in [-0.2, 0) is 0 Å². The zero-order chi connectivity index (χ0) is 8.10. The van der Waals surface area contributed by atoms with Crippen LogP contribution in [0.5, 0.6) is 0 Å². The Morgan fingerprint density at radius 1 is 1.82 bits per heavy atom. The molecule has 0 radical (unpaired) electrons. The van der Waals surface area contributed by atoms with Crippen LogP contribution in [0, 0.1) is 0 Å². The summed E-state index contributed by atoms with van der Waals surface area (Å²) >= 11 is 4.55. The van der Waals surface area contributed by atoms with Gasteiger partial charge >= 0.3 is 0 Å². The molecule has 3 nitrogen and oxygen atoms in total. The van der Waals surface area contributed by atoms with E-state index in [4.69, 9.17) is 5.73 Å². The molecule has 3 N–H and O–H groups in total. The third-order valence-corrected chi connectivity index (χ3v) is 1.30. The average Bonchev–Trinajstić information content (AvgIpc) is 2.39. The molecule has 58 valence electrons. The molecular weight excluding hydrogens is 158 g/mol. The van der Waals surface area contributed by atoms with Gasteiger partial charge in [0.25, 0.3) is 0 Å². The number of nitrogens with zero attached hydrogens (tertiary/aromatic N) is 1. The summed E-state index contributed by atoms with van der Waals surface area (Å²) in [5.41, 5.74) is 8.78. The second-order valence-corrected chi connectivity index (χ2v) is 2.55. The van der Waals surface area contributed by atoms with Crippen LogP contribution < -0.4 is 11.2 Å². The van der Waals surface area contributed by atoms with Gasteiger partial charge in [0.1, 0.15) is 0 Å². The molecule has 0 aromatic heterocycles. The quantitative estimate of drug-likeness (QED) is 0.361. The highest BCUT2D eigenvalue weighted by Gasteiger charge is 1.93. The minimum Gasteiger partial charge on any atom is -0.375 e. The normalized spacial score (nSPS) is 15.5. The Kier molecular flexibility index (Phi) is 2.80. The zero-order valence-corrected chi connectivity index (χ0v) is 6.77. The number of nitrogens with two attached hydrogens (primary N) is 1. The van der Waals surface area contributed by atoms with Crippen LogP contribution in [0.3, 0.4) is 0 Å². The fourth-order valence-electron chi connectivity index (χ4n) is 0.738. The highest BCUT2D eigenvalue weighted by atomic mass is 32.1. The van der Waals surface area contributed by atoms with Gasteiger partial charge in [-0.2, -0.15) is 5.10 Å². The first-order valence-corrected chi connectivity index (χ1v) is 3.64. The first kappa shape index (κ1) is 7.94. The highest BCUT2D eigenvalue weighted by Crippen LogP contribution is 2.06. The molecule has 0 aromatic rings. The number of rotatable bonds is 2. The van der Waals surface area contributed by atoms with E-state index in [1.165, 1.54) is 0 Å². The van der Waals surface area contributed by atoms with Crippen molar-refractivity contribution in [2.75, 3.05) is 0 Å². The molecule has 0 fully saturated rings. The standard InChI is InChI=1S/C7H9N3S/c8-7(11)10-9-5-6-3-1-2-4-6/h1-3,5H,4H2,(H3,8,10,11)/b9-5+. The van der Waals surface area contributed by atoms with E-state index in [-0.39, 0.29) is 5.11 Å². The second kappa shape index (κ2) is 3.88. The van der Waals surface area contributed by atoms with Gasteiger partial charge in [-0.3, -0.25) is 5.43 Å². The zero-order valence-electron chi connectivity index (χ0n) is 5.95. The summed E-state index contributed by atoms with van der Waals surface area (Å²) in [4.78, 5) is 0. The van der Waals surface area contributed by atoms with Gasteiger partial charge in [0, 0.05) is 0 Å². The molecule has 1 aliphatic rings. The molecule has 1 rings (SSSR count). The molecule has 1 aliphatic carbocycles. The summed E-state index contributed by atoms with van der Waals surface area (Å²) in [6.45, 7) is 0. The molecule has 0 aromatic carbocycles. The lowest BCUT2D eigenvalue weighted by Gasteiger charge is -1.93. The van der Waals surface area contributed by atoms with Crippen LogP contribution >= 0.6 is 12.2 Å². The number of hydrazone groups is 1. The first-order chi connectivity index (χ1) is 5.29. The molecular formula is C7H9N3S. The maximum Gasteiger partial charge on any atom is 0.184 e. The highest BCUT2D eigenvalue weighted by molar-refractivity contribution is 7.80. The van der Waals surface area contributed by atoms with Crippen LogP contribution in [0.2, 0.25) is 0 Å². The minimum absolute atomic E-state index is 0.188. The number of allylic oxidation sites excluding steroid dienone is 4. The van der Waals surface area contributed by atoms with Crippen molar-refractivity contribution < 1.29 is 0 Å². The first-order valence-electron chi connectivity index (χ1n) is 3.23. The molecule has 0 bridgehead atoms. The number of hydrogen-bond acceptors (Lipinski definition) is 2. The maximum atomic E-state index is 5.15. The van der Waals surface area contributed by atoms with Gasteiger partial charge in [-0.05, 0) is 24.2 Å². The SMILES string of the molecule is NC(=S)N/N=C/C1=CC=CC1. The van der Waals surface area contributed by atoms with Gasteiger partial charge in [0.2, 0.25) is 0 Å². The Bertz CT molecular complexity index is 240. The van der Waals surface area contributed by atoms with E-state index >= 15 is 0 Å². The predicted molar refractivity (Wildman–Crippen MR) is 50.3 cm³/mol. The summed E-state index contributed by atoms with van der Waals surface area (Å²) in [6.07, 6.45) is 8.68. The summed E-state index contributed by atoms with van der Waals surface area (Å²) < 4.78 is 0. The lowest BCUT2D eigenvalue weighted by atomic mass is 10.3. The maximum absolute atomic E-state index is 5.15. The molecule has 0 aliphatic heterocycles. The van der Waals surface area contributed by atoms with E-state index in [0.717, 1.165) is 12.0 Å². The van der Waals surface area contributed by atoms with Crippen molar-refractivity contribution >= 4 is 23.5 Å². The summed E-state index contributed by atoms with van der Waals surface area (Å²) in [6, 6.07) is 0. The fourth-order valence-corrected chi connectivity index (χ4v) is 0.791. The van der Waals surface area contributed by atoms with Crippen molar-refractivity contribution in [1.82, 2.24) is 5.43 Å². The Morgan fingerprint density at radius 3 is 3.18 bits per heavy atom. The van der Waals surface area contributed by atoms with Gasteiger partial charge < -0.3 is 5.73 Å². The van der Waals surface area contributed by atoms with Crippen LogP contribution in [0.15, 0.2) is 28.9 Å². The van der Waals surface area contributed by atoms with Crippen molar-refractivity contribution in [1.29, 1.82) is 0 Å². The van der Waals surface area contributed by atoms with Crippen LogP contribution in [0.1, 0.15) is 6.42 Å². The molecule has 0 unspecified atom stereocenters. The van der Waals surface area contributed by atoms with E-state index in [1.54, 1.807) is 6.21 Å². The van der Waals surface area contributed by atoms with Crippen molar-refractivity contribution in [3.63, 3.8) is 0 Å². The molecule has 0 heterocycles. The topological polar surface area (TPSA) is 50.4 Å². The summed E-state index contributed by atoms with van der Waals surface area (Å²) in [7, 11) is 0. The van der Waals surface area contributed by atoms with Crippen molar-refractivity contribution in [2.24, 2.45) is 10.8 Å². The number of nitrogens with one attached hydrogen (secondary N) is 1. The Hall–Kier alpha value is -1.16. The largest absolute Gasteiger partial charge is 0.375 e. The summed E-state index contributed by atoms with van der Waals surface area (Å²) in [5.74, 6) is 0. The minimum atomic E-state index is 0.188. The molecule has 11 heavy (non-hydrogen) atoms.